The van der Waals surface area contributed by atoms with Gasteiger partial charge in [0.2, 0.25) is 0 Å². The molecule has 0 bridgehead atoms. The van der Waals surface area contributed by atoms with E-state index in [0.29, 0.717) is 5.92 Å². The minimum absolute atomic E-state index is 0.156. The fourth-order valence-electron chi connectivity index (χ4n) is 1.91. The molecule has 1 N–H and O–H groups in total. The minimum atomic E-state index is 0.156. The van der Waals surface area contributed by atoms with Gasteiger partial charge in [-0.2, -0.15) is 0 Å². The number of hydrogen-bond acceptors (Lipinski definition) is 1. The predicted molar refractivity (Wildman–Crippen MR) is 76.8 cm³/mol. The van der Waals surface area contributed by atoms with Crippen molar-refractivity contribution in [3.63, 3.8) is 0 Å². The molecule has 0 aliphatic rings. The van der Waals surface area contributed by atoms with E-state index >= 15 is 0 Å². The highest BCUT2D eigenvalue weighted by Crippen LogP contribution is 2.27. The number of pyridine rings is 1. The third-order valence-corrected chi connectivity index (χ3v) is 3.20. The average Bonchev–Trinajstić information content (AvgIpc) is 2.78. The zero-order valence-electron chi connectivity index (χ0n) is 11.9. The second-order valence-corrected chi connectivity index (χ2v) is 6.18. The van der Waals surface area contributed by atoms with Crippen LogP contribution in [0.25, 0.3) is 11.1 Å². The summed E-state index contributed by atoms with van der Waals surface area (Å²) in [4.78, 5) is 7.87. The van der Waals surface area contributed by atoms with E-state index in [1.165, 1.54) is 16.8 Å². The van der Waals surface area contributed by atoms with Crippen LogP contribution in [0.4, 0.5) is 0 Å². The fraction of sp³-hybridized carbons (Fsp3) is 0.438. The van der Waals surface area contributed by atoms with E-state index in [1.807, 2.05) is 6.20 Å². The Morgan fingerprint density at radius 1 is 1.11 bits per heavy atom. The lowest BCUT2D eigenvalue weighted by Crippen LogP contribution is -2.10. The molecule has 0 unspecified atom stereocenters. The Morgan fingerprint density at radius 3 is 2.28 bits per heavy atom. The lowest BCUT2D eigenvalue weighted by molar-refractivity contribution is 0.573. The smallest absolute Gasteiger partial charge is 0.0429 e. The monoisotopic (exact) mass is 242 g/mol. The van der Waals surface area contributed by atoms with Crippen molar-refractivity contribution in [1.82, 2.24) is 9.97 Å². The Hall–Kier alpha value is -1.57. The van der Waals surface area contributed by atoms with E-state index in [0.717, 1.165) is 5.69 Å². The van der Waals surface area contributed by atoms with Crippen molar-refractivity contribution in [2.45, 2.75) is 46.0 Å². The number of aromatic amines is 1. The summed E-state index contributed by atoms with van der Waals surface area (Å²) in [6.07, 6.45) is 4.03. The highest BCUT2D eigenvalue weighted by Gasteiger charge is 2.16. The van der Waals surface area contributed by atoms with E-state index in [1.54, 1.807) is 0 Å². The van der Waals surface area contributed by atoms with Crippen LogP contribution in [-0.4, -0.2) is 9.97 Å². The summed E-state index contributed by atoms with van der Waals surface area (Å²) >= 11 is 0. The van der Waals surface area contributed by atoms with Crippen molar-refractivity contribution >= 4 is 0 Å². The van der Waals surface area contributed by atoms with E-state index in [9.17, 15) is 0 Å². The van der Waals surface area contributed by atoms with E-state index in [-0.39, 0.29) is 5.41 Å². The molecule has 2 rings (SSSR count). The van der Waals surface area contributed by atoms with Crippen LogP contribution in [0.3, 0.4) is 0 Å². The maximum Gasteiger partial charge on any atom is 0.0429 e. The Kier molecular flexibility index (Phi) is 3.29. The maximum atomic E-state index is 4.51. The van der Waals surface area contributed by atoms with Crippen molar-refractivity contribution in [2.24, 2.45) is 0 Å². The van der Waals surface area contributed by atoms with Crippen LogP contribution in [0, 0.1) is 0 Å². The number of nitrogens with one attached hydrogen (secondary N) is 1. The third kappa shape index (κ3) is 2.63. The summed E-state index contributed by atoms with van der Waals surface area (Å²) in [7, 11) is 0. The van der Waals surface area contributed by atoms with Crippen LogP contribution in [0.2, 0.25) is 0 Å². The Bertz CT molecular complexity index is 513. The standard InChI is InChI=1S/C16H22N2/c1-11(2)14-7-6-12(9-17-14)13-8-15(18-10-13)16(3,4)5/h6-11,18H,1-5H3. The van der Waals surface area contributed by atoms with E-state index in [4.69, 9.17) is 0 Å². The van der Waals surface area contributed by atoms with Crippen molar-refractivity contribution in [2.75, 3.05) is 0 Å². The largest absolute Gasteiger partial charge is 0.364 e. The zero-order valence-corrected chi connectivity index (χ0v) is 11.9. The Balaban J connectivity index is 2.29. The second-order valence-electron chi connectivity index (χ2n) is 6.18. The molecule has 0 aliphatic heterocycles. The molecule has 2 aromatic rings. The predicted octanol–water partition coefficient (Wildman–Crippen LogP) is 4.50. The molecule has 0 atom stereocenters. The molecule has 2 nitrogen and oxygen atoms in total. The van der Waals surface area contributed by atoms with Crippen LogP contribution < -0.4 is 0 Å². The summed E-state index contributed by atoms with van der Waals surface area (Å²) in [6, 6.07) is 6.48. The number of hydrogen-bond donors (Lipinski definition) is 1. The lowest BCUT2D eigenvalue weighted by atomic mass is 9.92. The van der Waals surface area contributed by atoms with E-state index < -0.39 is 0 Å². The zero-order chi connectivity index (χ0) is 13.3. The SMILES string of the molecule is CC(C)c1ccc(-c2c[nH]c(C(C)(C)C)c2)cn1. The van der Waals surface area contributed by atoms with Crippen LogP contribution in [-0.2, 0) is 5.41 Å². The van der Waals surface area contributed by atoms with Gasteiger partial charge in [-0.25, -0.2) is 0 Å². The molecule has 0 radical (unpaired) electrons. The van der Waals surface area contributed by atoms with Crippen molar-refractivity contribution in [3.05, 3.63) is 42.0 Å². The van der Waals surface area contributed by atoms with Crippen molar-refractivity contribution in [1.29, 1.82) is 0 Å². The van der Waals surface area contributed by atoms with Gasteiger partial charge in [-0.3, -0.25) is 4.98 Å². The molecule has 0 aromatic carbocycles. The van der Waals surface area contributed by atoms with Crippen LogP contribution in [0.1, 0.15) is 51.9 Å². The maximum absolute atomic E-state index is 4.51. The number of nitrogens with zero attached hydrogens (tertiary/aromatic N) is 1. The molecule has 0 spiro atoms. The average molecular weight is 242 g/mol. The normalized spacial score (nSPS) is 12.1. The molecule has 2 heterocycles. The number of aromatic nitrogens is 2. The molecule has 0 amide bonds. The summed E-state index contributed by atoms with van der Waals surface area (Å²) in [5.41, 5.74) is 4.94. The topological polar surface area (TPSA) is 28.7 Å². The molecular weight excluding hydrogens is 220 g/mol. The molecule has 2 aromatic heterocycles. The summed E-state index contributed by atoms with van der Waals surface area (Å²) in [5.74, 6) is 0.482. The van der Waals surface area contributed by atoms with Gasteiger partial charge in [-0.05, 0) is 18.1 Å². The van der Waals surface area contributed by atoms with Crippen LogP contribution in [0.5, 0.6) is 0 Å². The van der Waals surface area contributed by atoms with Crippen LogP contribution in [0.15, 0.2) is 30.6 Å². The quantitative estimate of drug-likeness (QED) is 0.825. The highest BCUT2D eigenvalue weighted by molar-refractivity contribution is 5.63. The molecule has 18 heavy (non-hydrogen) atoms. The van der Waals surface area contributed by atoms with Gasteiger partial charge in [0.25, 0.3) is 0 Å². The van der Waals surface area contributed by atoms with Gasteiger partial charge < -0.3 is 4.98 Å². The van der Waals surface area contributed by atoms with Gasteiger partial charge in [-0.1, -0.05) is 40.7 Å². The van der Waals surface area contributed by atoms with Gasteiger partial charge in [0.05, 0.1) is 0 Å². The molecular formula is C16H22N2. The second kappa shape index (κ2) is 4.60. The lowest BCUT2D eigenvalue weighted by Gasteiger charge is -2.15. The van der Waals surface area contributed by atoms with Gasteiger partial charge in [0.15, 0.2) is 0 Å². The number of rotatable bonds is 2. The first kappa shape index (κ1) is 12.9. The molecule has 96 valence electrons. The molecule has 0 aliphatic carbocycles. The van der Waals surface area contributed by atoms with Crippen molar-refractivity contribution in [3.8, 4) is 11.1 Å². The summed E-state index contributed by atoms with van der Waals surface area (Å²) in [6.45, 7) is 11.0. The first-order chi connectivity index (χ1) is 8.38. The number of H-pyrrole nitrogens is 1. The van der Waals surface area contributed by atoms with Gasteiger partial charge in [-0.15, -0.1) is 0 Å². The van der Waals surface area contributed by atoms with Crippen LogP contribution >= 0.6 is 0 Å². The minimum Gasteiger partial charge on any atom is -0.364 e. The summed E-state index contributed by atoms with van der Waals surface area (Å²) < 4.78 is 0. The first-order valence-corrected chi connectivity index (χ1v) is 6.53. The summed E-state index contributed by atoms with van der Waals surface area (Å²) in [5, 5.41) is 0. The van der Waals surface area contributed by atoms with Gasteiger partial charge in [0, 0.05) is 40.3 Å². The molecule has 0 saturated carbocycles. The third-order valence-electron chi connectivity index (χ3n) is 3.20. The Morgan fingerprint density at radius 2 is 1.83 bits per heavy atom. The molecule has 2 heteroatoms. The molecule has 0 fully saturated rings. The fourth-order valence-corrected chi connectivity index (χ4v) is 1.91. The van der Waals surface area contributed by atoms with Gasteiger partial charge in [0.1, 0.15) is 0 Å². The molecule has 0 saturated heterocycles. The van der Waals surface area contributed by atoms with Crippen molar-refractivity contribution < 1.29 is 0 Å². The van der Waals surface area contributed by atoms with E-state index in [2.05, 4.69) is 69.0 Å². The highest BCUT2D eigenvalue weighted by atomic mass is 14.7. The first-order valence-electron chi connectivity index (χ1n) is 6.53. The van der Waals surface area contributed by atoms with Gasteiger partial charge >= 0.3 is 0 Å². The Labute approximate surface area is 109 Å².